The molecule has 2 aliphatic rings. The number of phenols is 1. The normalized spacial score (nSPS) is 26.6. The Labute approximate surface area is 134 Å². The van der Waals surface area contributed by atoms with Gasteiger partial charge in [0, 0.05) is 24.4 Å². The first kappa shape index (κ1) is 15.1. The van der Waals surface area contributed by atoms with E-state index in [0.717, 1.165) is 17.3 Å². The Bertz CT molecular complexity index is 669. The highest BCUT2D eigenvalue weighted by Crippen LogP contribution is 2.33. The molecule has 116 valence electrons. The number of hydrogen-bond acceptors (Lipinski definition) is 6. The molecule has 2 heterocycles. The van der Waals surface area contributed by atoms with Crippen molar-refractivity contribution in [1.29, 1.82) is 0 Å². The molecule has 0 saturated carbocycles. The summed E-state index contributed by atoms with van der Waals surface area (Å²) in [6.07, 6.45) is 1.71. The number of aromatic hydroxyl groups is 1. The van der Waals surface area contributed by atoms with E-state index in [1.165, 1.54) is 0 Å². The van der Waals surface area contributed by atoms with Crippen molar-refractivity contribution in [1.82, 2.24) is 10.2 Å². The van der Waals surface area contributed by atoms with Crippen LogP contribution in [0, 0.1) is 0 Å². The minimum atomic E-state index is -0.725. The Hall–Kier alpha value is -1.79. The van der Waals surface area contributed by atoms with Crippen molar-refractivity contribution in [3.63, 3.8) is 0 Å². The number of hydrogen-bond donors (Lipinski definition) is 2. The van der Waals surface area contributed by atoms with Crippen LogP contribution in [0.4, 0.5) is 0 Å². The Kier molecular flexibility index (Phi) is 3.97. The monoisotopic (exact) mass is 317 g/mol. The van der Waals surface area contributed by atoms with Gasteiger partial charge in [-0.2, -0.15) is 0 Å². The third-order valence-electron chi connectivity index (χ3n) is 4.09. The van der Waals surface area contributed by atoms with Gasteiger partial charge in [-0.3, -0.25) is 14.7 Å². The number of carbonyl (C=O) groups is 1. The van der Waals surface area contributed by atoms with Gasteiger partial charge in [0.15, 0.2) is 5.54 Å². The van der Waals surface area contributed by atoms with Crippen LogP contribution >= 0.6 is 11.8 Å². The molecule has 0 radical (unpaired) electrons. The summed E-state index contributed by atoms with van der Waals surface area (Å²) >= 11 is 1.65. The van der Waals surface area contributed by atoms with E-state index in [-0.39, 0.29) is 11.5 Å². The van der Waals surface area contributed by atoms with Crippen molar-refractivity contribution < 1.29 is 9.90 Å². The van der Waals surface area contributed by atoms with Gasteiger partial charge in [0.25, 0.3) is 0 Å². The summed E-state index contributed by atoms with van der Waals surface area (Å²) in [4.78, 5) is 19.5. The maximum atomic E-state index is 13.0. The van der Waals surface area contributed by atoms with Gasteiger partial charge in [0.05, 0.1) is 10.7 Å². The Morgan fingerprint density at radius 1 is 1.41 bits per heavy atom. The first-order chi connectivity index (χ1) is 10.6. The van der Waals surface area contributed by atoms with E-state index in [1.54, 1.807) is 36.0 Å². The van der Waals surface area contributed by atoms with Gasteiger partial charge in [0.2, 0.25) is 5.78 Å². The average molecular weight is 317 g/mol. The molecule has 0 unspecified atom stereocenters. The zero-order valence-corrected chi connectivity index (χ0v) is 13.5. The highest BCUT2D eigenvalue weighted by atomic mass is 32.2. The highest BCUT2D eigenvalue weighted by molar-refractivity contribution is 8.14. The van der Waals surface area contributed by atoms with Crippen molar-refractivity contribution in [3.05, 3.63) is 35.5 Å². The molecule has 1 fully saturated rings. The van der Waals surface area contributed by atoms with Crippen LogP contribution in [0.15, 0.2) is 35.0 Å². The van der Waals surface area contributed by atoms with Gasteiger partial charge in [-0.25, -0.2) is 0 Å². The van der Waals surface area contributed by atoms with E-state index in [4.69, 9.17) is 0 Å². The number of likely N-dealkylation sites (N-methyl/N-ethyl adjacent to an activating group) is 1. The highest BCUT2D eigenvalue weighted by Gasteiger charge is 2.52. The zero-order valence-electron chi connectivity index (χ0n) is 12.7. The van der Waals surface area contributed by atoms with Crippen LogP contribution < -0.4 is 5.32 Å². The van der Waals surface area contributed by atoms with E-state index < -0.39 is 5.54 Å². The molecular weight excluding hydrogens is 298 g/mol. The third kappa shape index (κ3) is 2.32. The molecule has 5 nitrogen and oxygen atoms in total. The molecule has 2 aliphatic heterocycles. The molecule has 0 aliphatic carbocycles. The van der Waals surface area contributed by atoms with E-state index in [0.29, 0.717) is 17.8 Å². The van der Waals surface area contributed by atoms with Gasteiger partial charge in [-0.05, 0) is 26.2 Å². The molecule has 3 rings (SSSR count). The number of nitrogens with one attached hydrogen (secondary N) is 1. The van der Waals surface area contributed by atoms with E-state index in [2.05, 4.69) is 10.3 Å². The number of thioether (sulfide) groups is 1. The number of nitrogens with zero attached hydrogens (tertiary/aromatic N) is 2. The number of carbonyl (C=O) groups excluding carboxylic acids is 1. The summed E-state index contributed by atoms with van der Waals surface area (Å²) in [5.41, 5.74) is 0.427. The lowest BCUT2D eigenvalue weighted by atomic mass is 9.95. The lowest BCUT2D eigenvalue weighted by molar-refractivity contribution is -0.120. The number of Topliss-reactive ketones (excluding diaryl/α,β-unsaturated/α-hetero) is 1. The lowest BCUT2D eigenvalue weighted by Gasteiger charge is -2.32. The van der Waals surface area contributed by atoms with E-state index >= 15 is 0 Å². The van der Waals surface area contributed by atoms with Gasteiger partial charge in [-0.1, -0.05) is 18.2 Å². The summed E-state index contributed by atoms with van der Waals surface area (Å²) in [7, 11) is 3.81. The van der Waals surface area contributed by atoms with Crippen molar-refractivity contribution in [2.45, 2.75) is 5.54 Å². The van der Waals surface area contributed by atoms with Crippen molar-refractivity contribution >= 4 is 28.7 Å². The van der Waals surface area contributed by atoms with Crippen molar-refractivity contribution in [3.8, 4) is 5.75 Å². The van der Waals surface area contributed by atoms with Crippen LogP contribution in [0.3, 0.4) is 0 Å². The molecule has 1 aromatic carbocycles. The van der Waals surface area contributed by atoms with E-state index in [9.17, 15) is 9.90 Å². The molecule has 22 heavy (non-hydrogen) atoms. The van der Waals surface area contributed by atoms with Gasteiger partial charge >= 0.3 is 0 Å². The predicted molar refractivity (Wildman–Crippen MR) is 90.3 cm³/mol. The van der Waals surface area contributed by atoms with Crippen LogP contribution in [0.2, 0.25) is 0 Å². The van der Waals surface area contributed by atoms with Crippen molar-refractivity contribution in [2.75, 3.05) is 32.9 Å². The topological polar surface area (TPSA) is 64.9 Å². The second kappa shape index (κ2) is 5.78. The van der Waals surface area contributed by atoms with Crippen LogP contribution in [-0.2, 0) is 4.79 Å². The second-order valence-corrected chi connectivity index (χ2v) is 6.67. The Morgan fingerprint density at radius 2 is 2.18 bits per heavy atom. The van der Waals surface area contributed by atoms with Crippen LogP contribution in [-0.4, -0.2) is 59.3 Å². The molecule has 0 bridgehead atoms. The first-order valence-corrected chi connectivity index (χ1v) is 8.18. The molecule has 1 aromatic rings. The average Bonchev–Trinajstić information content (AvgIpc) is 3.11. The molecule has 1 atom stereocenters. The molecular formula is C16H19N3O2S. The fourth-order valence-electron chi connectivity index (χ4n) is 2.80. The smallest absolute Gasteiger partial charge is 0.207 e. The summed E-state index contributed by atoms with van der Waals surface area (Å²) < 4.78 is 0. The van der Waals surface area contributed by atoms with Gasteiger partial charge in [-0.15, -0.1) is 11.8 Å². The number of ketones is 1. The summed E-state index contributed by atoms with van der Waals surface area (Å²) in [5, 5.41) is 14.0. The van der Waals surface area contributed by atoms with Crippen LogP contribution in [0.25, 0.3) is 6.08 Å². The summed E-state index contributed by atoms with van der Waals surface area (Å²) in [6, 6.07) is 6.99. The van der Waals surface area contributed by atoms with Crippen LogP contribution in [0.1, 0.15) is 5.56 Å². The fraction of sp³-hybridized carbons (Fsp3) is 0.375. The third-order valence-corrected chi connectivity index (χ3v) is 5.22. The summed E-state index contributed by atoms with van der Waals surface area (Å²) in [6.45, 7) is 1.27. The molecule has 1 saturated heterocycles. The minimum absolute atomic E-state index is 0.00824. The van der Waals surface area contributed by atoms with Gasteiger partial charge < -0.3 is 10.4 Å². The van der Waals surface area contributed by atoms with E-state index in [1.807, 2.05) is 25.1 Å². The lowest BCUT2D eigenvalue weighted by Crippen LogP contribution is -2.56. The van der Waals surface area contributed by atoms with Crippen LogP contribution in [0.5, 0.6) is 5.75 Å². The quantitative estimate of drug-likeness (QED) is 0.824. The second-order valence-electron chi connectivity index (χ2n) is 5.59. The number of aliphatic imine (C=N–C) groups is 1. The summed E-state index contributed by atoms with van der Waals surface area (Å²) in [5.74, 6) is 1.10. The number of benzene rings is 1. The Balaban J connectivity index is 1.98. The molecule has 0 spiro atoms. The number of rotatable bonds is 3. The standard InChI is InChI=1S/C16H19N3O2S/c1-19(2)16(15-17-7-8-22-15)10-18-12(14(16)21)9-11-5-3-4-6-13(11)20/h3-6,9,18,20H,7-8,10H2,1-2H3/b12-9-/t16-/m1/s1. The largest absolute Gasteiger partial charge is 0.507 e. The molecule has 0 amide bonds. The first-order valence-electron chi connectivity index (χ1n) is 7.19. The minimum Gasteiger partial charge on any atom is -0.507 e. The maximum Gasteiger partial charge on any atom is 0.207 e. The molecule has 2 N–H and O–H groups in total. The predicted octanol–water partition coefficient (Wildman–Crippen LogP) is 1.35. The molecule has 6 heteroatoms. The maximum absolute atomic E-state index is 13.0. The number of phenolic OH excluding ortho intramolecular Hbond substituents is 1. The van der Waals surface area contributed by atoms with Crippen molar-refractivity contribution in [2.24, 2.45) is 4.99 Å². The zero-order chi connectivity index (χ0) is 15.7. The SMILES string of the molecule is CN(C)[C@]1(C2=NCCS2)CN/C(=C\c2ccccc2O)C1=O. The Morgan fingerprint density at radius 3 is 2.82 bits per heavy atom. The molecule has 0 aromatic heterocycles. The fourth-order valence-corrected chi connectivity index (χ4v) is 3.94. The van der Waals surface area contributed by atoms with Gasteiger partial charge in [0.1, 0.15) is 5.75 Å². The number of para-hydroxylation sites is 1.